The molecule has 18 heavy (non-hydrogen) atoms. The largest absolute Gasteiger partial charge is 0.508 e. The predicted octanol–water partition coefficient (Wildman–Crippen LogP) is 2.67. The molecule has 4 nitrogen and oxygen atoms in total. The molecule has 0 aliphatic rings. The van der Waals surface area contributed by atoms with Gasteiger partial charge in [0.05, 0.1) is 5.56 Å². The van der Waals surface area contributed by atoms with Gasteiger partial charge in [0.15, 0.2) is 0 Å². The topological polar surface area (TPSA) is 75.3 Å². The first-order valence-electron chi connectivity index (χ1n) is 6.39. The van der Waals surface area contributed by atoms with E-state index in [1.807, 2.05) is 0 Å². The van der Waals surface area contributed by atoms with Gasteiger partial charge in [0.25, 0.3) is 5.91 Å². The van der Waals surface area contributed by atoms with Gasteiger partial charge in [-0.1, -0.05) is 20.8 Å². The van der Waals surface area contributed by atoms with Crippen LogP contribution in [0.15, 0.2) is 18.2 Å². The lowest BCUT2D eigenvalue weighted by Gasteiger charge is -2.32. The maximum absolute atomic E-state index is 12.2. The molecular formula is C14H22N2O2. The van der Waals surface area contributed by atoms with Crippen molar-refractivity contribution in [1.29, 1.82) is 0 Å². The van der Waals surface area contributed by atoms with Crippen LogP contribution in [0.5, 0.6) is 5.75 Å². The zero-order valence-electron chi connectivity index (χ0n) is 11.3. The summed E-state index contributed by atoms with van der Waals surface area (Å²) in [5, 5.41) is 12.5. The summed E-state index contributed by atoms with van der Waals surface area (Å²) in [7, 11) is 0. The number of nitrogens with two attached hydrogens (primary N) is 1. The van der Waals surface area contributed by atoms with Crippen molar-refractivity contribution in [2.24, 2.45) is 0 Å². The summed E-state index contributed by atoms with van der Waals surface area (Å²) >= 11 is 0. The van der Waals surface area contributed by atoms with Gasteiger partial charge in [0.2, 0.25) is 0 Å². The third kappa shape index (κ3) is 2.94. The van der Waals surface area contributed by atoms with Crippen molar-refractivity contribution >= 4 is 11.6 Å². The summed E-state index contributed by atoms with van der Waals surface area (Å²) in [5.74, 6) is -0.182. The zero-order valence-corrected chi connectivity index (χ0v) is 11.3. The minimum atomic E-state index is -0.228. The molecule has 0 bridgehead atoms. The Balaban J connectivity index is 2.97. The number of phenolic OH excluding ortho intramolecular Hbond substituents is 1. The Kier molecular flexibility index (Phi) is 4.59. The first-order chi connectivity index (χ1) is 8.48. The van der Waals surface area contributed by atoms with Gasteiger partial charge in [-0.2, -0.15) is 0 Å². The van der Waals surface area contributed by atoms with Crippen molar-refractivity contribution in [3.05, 3.63) is 23.8 Å². The van der Waals surface area contributed by atoms with E-state index >= 15 is 0 Å². The van der Waals surface area contributed by atoms with E-state index in [1.165, 1.54) is 18.2 Å². The van der Waals surface area contributed by atoms with Crippen LogP contribution in [0.3, 0.4) is 0 Å². The quantitative estimate of drug-likeness (QED) is 0.555. The maximum atomic E-state index is 12.2. The molecule has 0 saturated heterocycles. The van der Waals surface area contributed by atoms with Crippen LogP contribution in [0, 0.1) is 0 Å². The molecule has 0 atom stereocenters. The average molecular weight is 250 g/mol. The van der Waals surface area contributed by atoms with Gasteiger partial charge in [0.1, 0.15) is 5.75 Å². The van der Waals surface area contributed by atoms with Crippen LogP contribution in [0.1, 0.15) is 50.4 Å². The highest BCUT2D eigenvalue weighted by Crippen LogP contribution is 2.23. The molecule has 0 unspecified atom stereocenters. The molecule has 4 N–H and O–H groups in total. The second-order valence-corrected chi connectivity index (χ2v) is 4.57. The normalized spacial score (nSPS) is 11.3. The van der Waals surface area contributed by atoms with Gasteiger partial charge in [-0.05, 0) is 37.5 Å². The molecule has 0 aliphatic carbocycles. The van der Waals surface area contributed by atoms with E-state index in [1.54, 1.807) is 0 Å². The molecule has 1 amide bonds. The number of benzene rings is 1. The fraction of sp³-hybridized carbons (Fsp3) is 0.500. The molecule has 0 aromatic heterocycles. The number of amides is 1. The predicted molar refractivity (Wildman–Crippen MR) is 73.6 cm³/mol. The zero-order chi connectivity index (χ0) is 13.8. The molecule has 0 heterocycles. The smallest absolute Gasteiger partial charge is 0.253 e. The van der Waals surface area contributed by atoms with Crippen molar-refractivity contribution in [2.45, 2.75) is 45.6 Å². The van der Waals surface area contributed by atoms with Crippen LogP contribution in [-0.4, -0.2) is 16.6 Å². The Labute approximate surface area is 108 Å². The van der Waals surface area contributed by atoms with Crippen LogP contribution in [0.25, 0.3) is 0 Å². The first-order valence-corrected chi connectivity index (χ1v) is 6.39. The lowest BCUT2D eigenvalue weighted by molar-refractivity contribution is 0.0888. The summed E-state index contributed by atoms with van der Waals surface area (Å²) in [6.45, 7) is 6.16. The molecule has 1 aromatic rings. The van der Waals surface area contributed by atoms with Gasteiger partial charge in [0, 0.05) is 11.2 Å². The summed E-state index contributed by atoms with van der Waals surface area (Å²) in [5.41, 5.74) is 6.27. The van der Waals surface area contributed by atoms with Crippen molar-refractivity contribution in [3.8, 4) is 5.75 Å². The minimum absolute atomic E-state index is 0.0458. The third-order valence-electron chi connectivity index (χ3n) is 3.69. The SMILES string of the molecule is CCC(CC)(CC)NC(=O)c1cc(O)ccc1N. The molecule has 0 spiro atoms. The molecule has 0 fully saturated rings. The number of carbonyl (C=O) groups is 1. The van der Waals surface area contributed by atoms with E-state index in [9.17, 15) is 9.90 Å². The Morgan fingerprint density at radius 2 is 1.83 bits per heavy atom. The van der Waals surface area contributed by atoms with Crippen LogP contribution in [0.4, 0.5) is 5.69 Å². The molecule has 0 radical (unpaired) electrons. The van der Waals surface area contributed by atoms with Crippen molar-refractivity contribution in [2.75, 3.05) is 5.73 Å². The maximum Gasteiger partial charge on any atom is 0.253 e. The number of rotatable bonds is 5. The lowest BCUT2D eigenvalue weighted by atomic mass is 9.89. The fourth-order valence-electron chi connectivity index (χ4n) is 2.06. The number of hydrogen-bond acceptors (Lipinski definition) is 3. The van der Waals surface area contributed by atoms with E-state index in [-0.39, 0.29) is 17.2 Å². The summed E-state index contributed by atoms with van der Waals surface area (Å²) in [6.07, 6.45) is 2.60. The highest BCUT2D eigenvalue weighted by Gasteiger charge is 2.27. The van der Waals surface area contributed by atoms with Crippen LogP contribution < -0.4 is 11.1 Å². The van der Waals surface area contributed by atoms with Crippen molar-refractivity contribution < 1.29 is 9.90 Å². The van der Waals surface area contributed by atoms with Crippen LogP contribution in [0.2, 0.25) is 0 Å². The van der Waals surface area contributed by atoms with E-state index in [0.717, 1.165) is 19.3 Å². The van der Waals surface area contributed by atoms with Gasteiger partial charge >= 0.3 is 0 Å². The van der Waals surface area contributed by atoms with Gasteiger partial charge < -0.3 is 16.2 Å². The van der Waals surface area contributed by atoms with E-state index < -0.39 is 0 Å². The number of nitrogens with one attached hydrogen (secondary N) is 1. The van der Waals surface area contributed by atoms with Crippen LogP contribution in [-0.2, 0) is 0 Å². The Hall–Kier alpha value is -1.71. The van der Waals surface area contributed by atoms with E-state index in [2.05, 4.69) is 26.1 Å². The highest BCUT2D eigenvalue weighted by atomic mass is 16.3. The van der Waals surface area contributed by atoms with Gasteiger partial charge in [-0.3, -0.25) is 4.79 Å². The number of aromatic hydroxyl groups is 1. The number of phenols is 1. The summed E-state index contributed by atoms with van der Waals surface area (Å²) in [4.78, 5) is 12.2. The van der Waals surface area contributed by atoms with Crippen LogP contribution >= 0.6 is 0 Å². The number of carbonyl (C=O) groups excluding carboxylic acids is 1. The van der Waals surface area contributed by atoms with Crippen molar-refractivity contribution in [1.82, 2.24) is 5.32 Å². The Morgan fingerprint density at radius 1 is 1.28 bits per heavy atom. The number of hydrogen-bond donors (Lipinski definition) is 3. The van der Waals surface area contributed by atoms with E-state index in [4.69, 9.17) is 5.73 Å². The first kappa shape index (κ1) is 14.4. The second kappa shape index (κ2) is 5.76. The van der Waals surface area contributed by atoms with Gasteiger partial charge in [-0.15, -0.1) is 0 Å². The molecule has 100 valence electrons. The van der Waals surface area contributed by atoms with Gasteiger partial charge in [-0.25, -0.2) is 0 Å². The molecule has 0 aliphatic heterocycles. The number of anilines is 1. The minimum Gasteiger partial charge on any atom is -0.508 e. The third-order valence-corrected chi connectivity index (χ3v) is 3.69. The summed E-state index contributed by atoms with van der Waals surface area (Å²) < 4.78 is 0. The molecule has 4 heteroatoms. The second-order valence-electron chi connectivity index (χ2n) is 4.57. The molecular weight excluding hydrogens is 228 g/mol. The van der Waals surface area contributed by atoms with Crippen molar-refractivity contribution in [3.63, 3.8) is 0 Å². The standard InChI is InChI=1S/C14H22N2O2/c1-4-14(5-2,6-3)16-13(18)11-9-10(17)7-8-12(11)15/h7-9,17H,4-6,15H2,1-3H3,(H,16,18). The Bertz CT molecular complexity index is 418. The fourth-order valence-corrected chi connectivity index (χ4v) is 2.06. The molecule has 0 saturated carbocycles. The Morgan fingerprint density at radius 3 is 2.33 bits per heavy atom. The monoisotopic (exact) mass is 250 g/mol. The summed E-state index contributed by atoms with van der Waals surface area (Å²) in [6, 6.07) is 4.41. The molecule has 1 aromatic carbocycles. The lowest BCUT2D eigenvalue weighted by Crippen LogP contribution is -2.47. The number of nitrogen functional groups attached to an aromatic ring is 1. The highest BCUT2D eigenvalue weighted by molar-refractivity contribution is 5.99. The van der Waals surface area contributed by atoms with E-state index in [0.29, 0.717) is 11.3 Å². The average Bonchev–Trinajstić information content (AvgIpc) is 2.38. The molecule has 1 rings (SSSR count).